The average Bonchev–Trinajstić information content (AvgIpc) is 2.07. The molecule has 1 aromatic carbocycles. The summed E-state index contributed by atoms with van der Waals surface area (Å²) in [7, 11) is 0. The summed E-state index contributed by atoms with van der Waals surface area (Å²) in [5.41, 5.74) is 1.04. The maximum absolute atomic E-state index is 12.7. The van der Waals surface area contributed by atoms with Gasteiger partial charge < -0.3 is 10.6 Å². The molecule has 1 heterocycles. The predicted molar refractivity (Wildman–Crippen MR) is 42.4 cm³/mol. The Hall–Kier alpha value is -1.58. The molecule has 62 valence electrons. The Morgan fingerprint density at radius 1 is 1.33 bits per heavy atom. The van der Waals surface area contributed by atoms with E-state index in [0.29, 0.717) is 17.9 Å². The molecule has 0 saturated heterocycles. The van der Waals surface area contributed by atoms with E-state index in [0.717, 1.165) is 0 Å². The van der Waals surface area contributed by atoms with Gasteiger partial charge in [-0.25, -0.2) is 4.39 Å². The number of amides is 1. The van der Waals surface area contributed by atoms with Crippen LogP contribution in [0.5, 0.6) is 0 Å². The van der Waals surface area contributed by atoms with Crippen molar-refractivity contribution in [2.45, 2.75) is 0 Å². The number of nitrogens with one attached hydrogen (secondary N) is 2. The van der Waals surface area contributed by atoms with Crippen LogP contribution in [0.15, 0.2) is 18.2 Å². The van der Waals surface area contributed by atoms with Crippen LogP contribution in [0.1, 0.15) is 10.4 Å². The van der Waals surface area contributed by atoms with Gasteiger partial charge in [0.15, 0.2) is 0 Å². The van der Waals surface area contributed by atoms with E-state index >= 15 is 0 Å². The van der Waals surface area contributed by atoms with Crippen molar-refractivity contribution >= 4 is 11.6 Å². The van der Waals surface area contributed by atoms with Gasteiger partial charge in [-0.2, -0.15) is 0 Å². The molecule has 0 fully saturated rings. The Balaban J connectivity index is 2.54. The van der Waals surface area contributed by atoms with Crippen molar-refractivity contribution < 1.29 is 9.18 Å². The number of hydrogen-bond donors (Lipinski definition) is 2. The van der Waals surface area contributed by atoms with Crippen LogP contribution in [0.4, 0.5) is 10.1 Å². The predicted octanol–water partition coefficient (Wildman–Crippen LogP) is 0.938. The number of benzene rings is 1. The quantitative estimate of drug-likeness (QED) is 0.602. The maximum Gasteiger partial charge on any atom is 0.254 e. The Labute approximate surface area is 68.6 Å². The average molecular weight is 166 g/mol. The number of carbonyl (C=O) groups is 1. The van der Waals surface area contributed by atoms with Crippen LogP contribution in [-0.4, -0.2) is 12.6 Å². The number of carbonyl (C=O) groups excluding carboxylic acids is 1. The fraction of sp³-hybridized carbons (Fsp3) is 0.125. The first-order valence-corrected chi connectivity index (χ1v) is 3.59. The van der Waals surface area contributed by atoms with E-state index in [1.807, 2.05) is 0 Å². The second kappa shape index (κ2) is 2.48. The van der Waals surface area contributed by atoms with Crippen LogP contribution in [-0.2, 0) is 0 Å². The molecule has 0 atom stereocenters. The highest BCUT2D eigenvalue weighted by Gasteiger charge is 2.15. The normalized spacial score (nSPS) is 14.6. The van der Waals surface area contributed by atoms with Crippen molar-refractivity contribution in [3.8, 4) is 0 Å². The lowest BCUT2D eigenvalue weighted by Gasteiger charge is -2.17. The summed E-state index contributed by atoms with van der Waals surface area (Å²) in [6, 6.07) is 4.10. The third kappa shape index (κ3) is 1.01. The number of anilines is 1. The Morgan fingerprint density at radius 3 is 3.00 bits per heavy atom. The molecule has 0 spiro atoms. The molecule has 0 saturated carbocycles. The van der Waals surface area contributed by atoms with E-state index in [2.05, 4.69) is 10.6 Å². The molecule has 3 nitrogen and oxygen atoms in total. The van der Waals surface area contributed by atoms with Gasteiger partial charge in [0.2, 0.25) is 0 Å². The topological polar surface area (TPSA) is 41.1 Å². The van der Waals surface area contributed by atoms with Gasteiger partial charge >= 0.3 is 0 Å². The molecule has 0 unspecified atom stereocenters. The lowest BCUT2D eigenvalue weighted by Crippen LogP contribution is -2.34. The number of halogens is 1. The molecule has 0 bridgehead atoms. The molecule has 1 aliphatic heterocycles. The van der Waals surface area contributed by atoms with Gasteiger partial charge in [0.05, 0.1) is 12.2 Å². The van der Waals surface area contributed by atoms with Crippen molar-refractivity contribution in [2.75, 3.05) is 12.0 Å². The van der Waals surface area contributed by atoms with E-state index in [1.54, 1.807) is 6.07 Å². The fourth-order valence-electron chi connectivity index (χ4n) is 1.17. The Kier molecular flexibility index (Phi) is 1.46. The van der Waals surface area contributed by atoms with Crippen molar-refractivity contribution in [2.24, 2.45) is 0 Å². The van der Waals surface area contributed by atoms with Crippen LogP contribution in [0.3, 0.4) is 0 Å². The van der Waals surface area contributed by atoms with E-state index in [4.69, 9.17) is 0 Å². The lowest BCUT2D eigenvalue weighted by atomic mass is 10.1. The summed E-state index contributed by atoms with van der Waals surface area (Å²) in [6.07, 6.45) is 0. The van der Waals surface area contributed by atoms with Crippen LogP contribution in [0.25, 0.3) is 0 Å². The zero-order chi connectivity index (χ0) is 8.55. The summed E-state index contributed by atoms with van der Waals surface area (Å²) in [5, 5.41) is 5.47. The molecule has 0 radical (unpaired) electrons. The second-order valence-electron chi connectivity index (χ2n) is 2.55. The first kappa shape index (κ1) is 7.09. The second-order valence-corrected chi connectivity index (χ2v) is 2.55. The van der Waals surface area contributed by atoms with Gasteiger partial charge in [0, 0.05) is 5.69 Å². The zero-order valence-electron chi connectivity index (χ0n) is 6.23. The van der Waals surface area contributed by atoms with Gasteiger partial charge in [-0.05, 0) is 18.2 Å². The number of fused-ring (bicyclic) bond motifs is 1. The summed E-state index contributed by atoms with van der Waals surface area (Å²) >= 11 is 0. The van der Waals surface area contributed by atoms with Crippen LogP contribution < -0.4 is 10.6 Å². The smallest absolute Gasteiger partial charge is 0.254 e. The SMILES string of the molecule is O=C1NCNc2ccc(F)cc21. The van der Waals surface area contributed by atoms with Gasteiger partial charge in [-0.1, -0.05) is 0 Å². The van der Waals surface area contributed by atoms with E-state index in [1.165, 1.54) is 12.1 Å². The Morgan fingerprint density at radius 2 is 2.17 bits per heavy atom. The van der Waals surface area contributed by atoms with Crippen molar-refractivity contribution in [3.63, 3.8) is 0 Å². The molecule has 0 aliphatic carbocycles. The molecular weight excluding hydrogens is 159 g/mol. The summed E-state index contributed by atoms with van der Waals surface area (Å²) in [4.78, 5) is 11.1. The molecule has 0 aromatic heterocycles. The highest BCUT2D eigenvalue weighted by molar-refractivity contribution is 6.01. The zero-order valence-corrected chi connectivity index (χ0v) is 6.23. The molecular formula is C8H7FN2O. The van der Waals surface area contributed by atoms with Gasteiger partial charge in [0.25, 0.3) is 5.91 Å². The minimum Gasteiger partial charge on any atom is -0.367 e. The maximum atomic E-state index is 12.7. The van der Waals surface area contributed by atoms with Gasteiger partial charge in [-0.15, -0.1) is 0 Å². The standard InChI is InChI=1S/C8H7FN2O/c9-5-1-2-7-6(3-5)8(12)11-4-10-7/h1-3,10H,4H2,(H,11,12). The lowest BCUT2D eigenvalue weighted by molar-refractivity contribution is 0.0952. The highest BCUT2D eigenvalue weighted by atomic mass is 19.1. The third-order valence-electron chi connectivity index (χ3n) is 1.75. The molecule has 12 heavy (non-hydrogen) atoms. The van der Waals surface area contributed by atoms with E-state index in [9.17, 15) is 9.18 Å². The highest BCUT2D eigenvalue weighted by Crippen LogP contribution is 2.18. The minimum atomic E-state index is -0.396. The molecule has 4 heteroatoms. The summed E-state index contributed by atoms with van der Waals surface area (Å²) < 4.78 is 12.7. The van der Waals surface area contributed by atoms with Crippen LogP contribution >= 0.6 is 0 Å². The van der Waals surface area contributed by atoms with Crippen LogP contribution in [0, 0.1) is 5.82 Å². The molecule has 2 N–H and O–H groups in total. The number of rotatable bonds is 0. The van der Waals surface area contributed by atoms with Gasteiger partial charge in [0.1, 0.15) is 5.82 Å². The first-order valence-electron chi connectivity index (χ1n) is 3.59. The fourth-order valence-corrected chi connectivity index (χ4v) is 1.17. The summed E-state index contributed by atoms with van der Waals surface area (Å²) in [6.45, 7) is 0.400. The van der Waals surface area contributed by atoms with Crippen molar-refractivity contribution in [1.29, 1.82) is 0 Å². The van der Waals surface area contributed by atoms with Crippen molar-refractivity contribution in [3.05, 3.63) is 29.6 Å². The molecule has 2 rings (SSSR count). The Bertz CT molecular complexity index is 338. The minimum absolute atomic E-state index is 0.233. The summed E-state index contributed by atoms with van der Waals surface area (Å²) in [5.74, 6) is -0.629. The molecule has 1 aliphatic rings. The van der Waals surface area contributed by atoms with Gasteiger partial charge in [-0.3, -0.25) is 4.79 Å². The third-order valence-corrected chi connectivity index (χ3v) is 1.75. The van der Waals surface area contributed by atoms with E-state index in [-0.39, 0.29) is 5.91 Å². The van der Waals surface area contributed by atoms with E-state index < -0.39 is 5.82 Å². The van der Waals surface area contributed by atoms with Crippen molar-refractivity contribution in [1.82, 2.24) is 5.32 Å². The molecule has 1 amide bonds. The monoisotopic (exact) mass is 166 g/mol. The van der Waals surface area contributed by atoms with Crippen LogP contribution in [0.2, 0.25) is 0 Å². The number of hydrogen-bond acceptors (Lipinski definition) is 2. The first-order chi connectivity index (χ1) is 5.77. The molecule has 1 aromatic rings. The largest absolute Gasteiger partial charge is 0.367 e.